The van der Waals surface area contributed by atoms with E-state index in [1.54, 1.807) is 0 Å². The lowest BCUT2D eigenvalue weighted by Gasteiger charge is -2.19. The van der Waals surface area contributed by atoms with Gasteiger partial charge in [-0.1, -0.05) is 13.8 Å². The van der Waals surface area contributed by atoms with E-state index in [-0.39, 0.29) is 22.7 Å². The van der Waals surface area contributed by atoms with Crippen LogP contribution in [0.1, 0.15) is 34.6 Å². The van der Waals surface area contributed by atoms with Crippen LogP contribution >= 0.6 is 11.6 Å². The molecule has 0 aromatic rings. The number of rotatable bonds is 1. The zero-order valence-corrected chi connectivity index (χ0v) is 9.61. The van der Waals surface area contributed by atoms with Crippen molar-refractivity contribution in [2.45, 2.75) is 45.6 Å². The number of carbonyl (C=O) groups is 1. The Morgan fingerprint density at radius 3 is 2.00 bits per heavy atom. The van der Waals surface area contributed by atoms with Crippen LogP contribution in [0.15, 0.2) is 0 Å². The predicted octanol–water partition coefficient (Wildman–Crippen LogP) is 2.59. The zero-order valence-electron chi connectivity index (χ0n) is 8.85. The second-order valence-electron chi connectivity index (χ2n) is 5.23. The Labute approximate surface area is 84.6 Å². The number of halogens is 1. The maximum Gasteiger partial charge on any atom is 0.311 e. The molecule has 0 heterocycles. The molecule has 76 valence electrons. The molecular weight excluding hydrogens is 188 g/mol. The van der Waals surface area contributed by atoms with E-state index in [9.17, 15) is 4.79 Å². The van der Waals surface area contributed by atoms with E-state index in [0.717, 1.165) is 0 Å². The van der Waals surface area contributed by atoms with Gasteiger partial charge in [0.15, 0.2) is 0 Å². The highest BCUT2D eigenvalue weighted by Gasteiger charge is 2.62. The van der Waals surface area contributed by atoms with Crippen LogP contribution in [-0.2, 0) is 9.53 Å². The third-order valence-electron chi connectivity index (χ3n) is 2.36. The Balaban J connectivity index is 2.54. The first-order valence-corrected chi connectivity index (χ1v) is 4.97. The van der Waals surface area contributed by atoms with Crippen molar-refractivity contribution >= 4 is 17.6 Å². The lowest BCUT2D eigenvalue weighted by Crippen LogP contribution is -2.26. The summed E-state index contributed by atoms with van der Waals surface area (Å²) >= 11 is 5.97. The highest BCUT2D eigenvalue weighted by Crippen LogP contribution is 2.56. The number of esters is 1. The second kappa shape index (κ2) is 2.88. The minimum atomic E-state index is -0.410. The molecule has 2 nitrogen and oxygen atoms in total. The van der Waals surface area contributed by atoms with Crippen LogP contribution in [0.3, 0.4) is 0 Å². The molecule has 0 radical (unpaired) electrons. The summed E-state index contributed by atoms with van der Waals surface area (Å²) in [6.07, 6.45) is 0. The average molecular weight is 205 g/mol. The molecule has 0 N–H and O–H groups in total. The average Bonchev–Trinajstić information content (AvgIpc) is 2.27. The van der Waals surface area contributed by atoms with Gasteiger partial charge in [0.2, 0.25) is 0 Å². The third kappa shape index (κ3) is 2.16. The van der Waals surface area contributed by atoms with Gasteiger partial charge in [0.1, 0.15) is 5.60 Å². The molecule has 0 aromatic carbocycles. The van der Waals surface area contributed by atoms with Gasteiger partial charge in [0, 0.05) is 0 Å². The fraction of sp³-hybridized carbons (Fsp3) is 0.900. The number of alkyl halides is 1. The zero-order chi connectivity index (χ0) is 10.4. The molecule has 1 fully saturated rings. The van der Waals surface area contributed by atoms with Crippen LogP contribution in [0.4, 0.5) is 0 Å². The van der Waals surface area contributed by atoms with E-state index in [0.29, 0.717) is 0 Å². The van der Waals surface area contributed by atoms with Gasteiger partial charge in [-0.25, -0.2) is 0 Å². The van der Waals surface area contributed by atoms with E-state index in [4.69, 9.17) is 16.3 Å². The number of hydrogen-bond donors (Lipinski definition) is 0. The van der Waals surface area contributed by atoms with Crippen molar-refractivity contribution in [3.8, 4) is 0 Å². The lowest BCUT2D eigenvalue weighted by molar-refractivity contribution is -0.157. The second-order valence-corrected chi connectivity index (χ2v) is 5.70. The monoisotopic (exact) mass is 204 g/mol. The van der Waals surface area contributed by atoms with Gasteiger partial charge >= 0.3 is 5.97 Å². The minimum Gasteiger partial charge on any atom is -0.460 e. The first-order valence-electron chi connectivity index (χ1n) is 4.53. The minimum absolute atomic E-state index is 0.0673. The Kier molecular flexibility index (Phi) is 2.40. The standard InChI is InChI=1S/C10H17ClO2/c1-9(2,3)13-8(12)6-7(11)10(6,4)5/h6-7H,1-5H3. The summed E-state index contributed by atoms with van der Waals surface area (Å²) < 4.78 is 5.24. The first kappa shape index (κ1) is 10.8. The Morgan fingerprint density at radius 2 is 1.77 bits per heavy atom. The van der Waals surface area contributed by atoms with Gasteiger partial charge < -0.3 is 4.74 Å². The largest absolute Gasteiger partial charge is 0.460 e. The molecule has 3 heteroatoms. The normalized spacial score (nSPS) is 31.2. The van der Waals surface area contributed by atoms with Gasteiger partial charge in [-0.2, -0.15) is 0 Å². The summed E-state index contributed by atoms with van der Waals surface area (Å²) in [5, 5.41) is -0.0673. The quantitative estimate of drug-likeness (QED) is 0.485. The van der Waals surface area contributed by atoms with Crippen molar-refractivity contribution in [2.75, 3.05) is 0 Å². The SMILES string of the molecule is CC(C)(C)OC(=O)C1C(Cl)C1(C)C. The van der Waals surface area contributed by atoms with Gasteiger partial charge in [0.05, 0.1) is 11.3 Å². The van der Waals surface area contributed by atoms with Crippen LogP contribution in [0.2, 0.25) is 0 Å². The molecule has 0 bridgehead atoms. The van der Waals surface area contributed by atoms with Gasteiger partial charge in [-0.15, -0.1) is 11.6 Å². The molecule has 2 atom stereocenters. The Morgan fingerprint density at radius 1 is 1.38 bits per heavy atom. The van der Waals surface area contributed by atoms with E-state index in [1.807, 2.05) is 34.6 Å². The van der Waals surface area contributed by atoms with Crippen LogP contribution in [0, 0.1) is 11.3 Å². The van der Waals surface area contributed by atoms with Gasteiger partial charge in [0.25, 0.3) is 0 Å². The van der Waals surface area contributed by atoms with Crippen molar-refractivity contribution < 1.29 is 9.53 Å². The van der Waals surface area contributed by atoms with Crippen molar-refractivity contribution in [1.82, 2.24) is 0 Å². The topological polar surface area (TPSA) is 26.3 Å². The molecule has 1 aliphatic rings. The van der Waals surface area contributed by atoms with E-state index < -0.39 is 5.60 Å². The smallest absolute Gasteiger partial charge is 0.311 e. The number of ether oxygens (including phenoxy) is 1. The molecule has 1 rings (SSSR count). The van der Waals surface area contributed by atoms with Crippen molar-refractivity contribution in [2.24, 2.45) is 11.3 Å². The highest BCUT2D eigenvalue weighted by atomic mass is 35.5. The van der Waals surface area contributed by atoms with E-state index >= 15 is 0 Å². The Bertz CT molecular complexity index is 228. The summed E-state index contributed by atoms with van der Waals surface area (Å²) in [4.78, 5) is 11.5. The highest BCUT2D eigenvalue weighted by molar-refractivity contribution is 6.25. The summed E-state index contributed by atoms with van der Waals surface area (Å²) in [6.45, 7) is 9.56. The summed E-state index contributed by atoms with van der Waals surface area (Å²) in [5.74, 6) is -0.300. The van der Waals surface area contributed by atoms with Crippen LogP contribution in [0.5, 0.6) is 0 Å². The van der Waals surface area contributed by atoms with Crippen molar-refractivity contribution in [3.63, 3.8) is 0 Å². The van der Waals surface area contributed by atoms with Crippen LogP contribution in [-0.4, -0.2) is 16.9 Å². The van der Waals surface area contributed by atoms with Crippen molar-refractivity contribution in [1.29, 1.82) is 0 Å². The molecule has 0 amide bonds. The van der Waals surface area contributed by atoms with Gasteiger partial charge in [-0.05, 0) is 26.2 Å². The molecule has 0 spiro atoms. The summed E-state index contributed by atoms with van der Waals surface area (Å²) in [7, 11) is 0. The molecule has 13 heavy (non-hydrogen) atoms. The van der Waals surface area contributed by atoms with Crippen LogP contribution in [0.25, 0.3) is 0 Å². The molecule has 1 aliphatic carbocycles. The maximum atomic E-state index is 11.5. The third-order valence-corrected chi connectivity index (χ3v) is 3.17. The summed E-state index contributed by atoms with van der Waals surface area (Å²) in [6, 6.07) is 0. The summed E-state index contributed by atoms with van der Waals surface area (Å²) in [5.41, 5.74) is -0.504. The van der Waals surface area contributed by atoms with Crippen molar-refractivity contribution in [3.05, 3.63) is 0 Å². The van der Waals surface area contributed by atoms with E-state index in [2.05, 4.69) is 0 Å². The number of hydrogen-bond acceptors (Lipinski definition) is 2. The molecular formula is C10H17ClO2. The molecule has 2 unspecified atom stereocenters. The first-order chi connectivity index (χ1) is 5.66. The lowest BCUT2D eigenvalue weighted by atomic mass is 10.1. The van der Waals surface area contributed by atoms with Gasteiger partial charge in [-0.3, -0.25) is 4.79 Å². The molecule has 0 aliphatic heterocycles. The number of carbonyl (C=O) groups excluding carboxylic acids is 1. The Hall–Kier alpha value is -0.240. The fourth-order valence-corrected chi connectivity index (χ4v) is 1.85. The molecule has 0 aromatic heterocycles. The maximum absolute atomic E-state index is 11.5. The van der Waals surface area contributed by atoms with E-state index in [1.165, 1.54) is 0 Å². The van der Waals surface area contributed by atoms with Crippen LogP contribution < -0.4 is 0 Å². The fourth-order valence-electron chi connectivity index (χ4n) is 1.36. The predicted molar refractivity (Wildman–Crippen MR) is 52.8 cm³/mol. The molecule has 1 saturated carbocycles. The molecule has 0 saturated heterocycles.